The Labute approximate surface area is 124 Å². The number of nitrogens with two attached hydrogens (primary N) is 1. The van der Waals surface area contributed by atoms with Crippen LogP contribution in [0.5, 0.6) is 5.88 Å². The molecule has 0 unspecified atom stereocenters. The largest absolute Gasteiger partial charge is 0.480 e. The van der Waals surface area contributed by atoms with Crippen molar-refractivity contribution in [2.75, 3.05) is 12.8 Å². The van der Waals surface area contributed by atoms with E-state index in [1.165, 1.54) is 7.11 Å². The summed E-state index contributed by atoms with van der Waals surface area (Å²) >= 11 is 3.36. The summed E-state index contributed by atoms with van der Waals surface area (Å²) in [6.07, 6.45) is 0. The van der Waals surface area contributed by atoms with E-state index in [9.17, 15) is 10.5 Å². The second-order valence-electron chi connectivity index (χ2n) is 3.87. The van der Waals surface area contributed by atoms with Crippen LogP contribution >= 0.6 is 15.9 Å². The van der Waals surface area contributed by atoms with Gasteiger partial charge in [0, 0.05) is 10.0 Å². The minimum Gasteiger partial charge on any atom is -0.480 e. The van der Waals surface area contributed by atoms with Crippen molar-refractivity contribution >= 4 is 21.7 Å². The van der Waals surface area contributed by atoms with Crippen molar-refractivity contribution in [3.05, 3.63) is 39.9 Å². The molecule has 5 nitrogen and oxygen atoms in total. The zero-order valence-electron chi connectivity index (χ0n) is 10.5. The van der Waals surface area contributed by atoms with Gasteiger partial charge in [-0.2, -0.15) is 15.5 Å². The first-order chi connectivity index (χ1) is 9.62. The highest BCUT2D eigenvalue weighted by atomic mass is 79.9. The van der Waals surface area contributed by atoms with E-state index >= 15 is 0 Å². The molecule has 0 saturated heterocycles. The number of aromatic nitrogens is 1. The van der Waals surface area contributed by atoms with Gasteiger partial charge >= 0.3 is 0 Å². The van der Waals surface area contributed by atoms with Gasteiger partial charge in [0.15, 0.2) is 0 Å². The van der Waals surface area contributed by atoms with Gasteiger partial charge < -0.3 is 10.5 Å². The molecule has 2 N–H and O–H groups in total. The first-order valence-corrected chi connectivity index (χ1v) is 6.35. The maximum atomic E-state index is 9.34. The number of nitrogens with zero attached hydrogens (tertiary/aromatic N) is 3. The Morgan fingerprint density at radius 2 is 1.95 bits per heavy atom. The molecule has 0 amide bonds. The fraction of sp³-hybridized carbons (Fsp3) is 0.0714. The fourth-order valence-electron chi connectivity index (χ4n) is 1.88. The molecule has 0 radical (unpaired) electrons. The SMILES string of the molecule is COc1nc(N)c(C#N)c(-c2cccc(Br)c2)c1C#N. The summed E-state index contributed by atoms with van der Waals surface area (Å²) in [7, 11) is 1.40. The van der Waals surface area contributed by atoms with E-state index in [1.807, 2.05) is 24.3 Å². The number of methoxy groups -OCH3 is 1. The third-order valence-corrected chi connectivity index (χ3v) is 3.22. The van der Waals surface area contributed by atoms with Crippen molar-refractivity contribution in [3.8, 4) is 29.1 Å². The normalized spacial score (nSPS) is 9.60. The Kier molecular flexibility index (Phi) is 3.88. The number of pyridine rings is 1. The molecule has 2 rings (SSSR count). The molecule has 0 aliphatic carbocycles. The minimum absolute atomic E-state index is 0.0401. The standard InChI is InChI=1S/C14H9BrN4O/c1-20-14-11(7-17)12(10(6-16)13(18)19-14)8-3-2-4-9(15)5-8/h2-5H,1H3,(H2,18,19). The molecule has 0 saturated carbocycles. The van der Waals surface area contributed by atoms with Gasteiger partial charge in [-0.25, -0.2) is 0 Å². The molecule has 0 spiro atoms. The Morgan fingerprint density at radius 1 is 1.25 bits per heavy atom. The van der Waals surface area contributed by atoms with Crippen LogP contribution in [0.3, 0.4) is 0 Å². The topological polar surface area (TPSA) is 95.7 Å². The van der Waals surface area contributed by atoms with Crippen LogP contribution in [0.2, 0.25) is 0 Å². The molecular formula is C14H9BrN4O. The molecule has 98 valence electrons. The van der Waals surface area contributed by atoms with Crippen LogP contribution in [-0.2, 0) is 0 Å². The molecule has 1 aromatic heterocycles. The molecular weight excluding hydrogens is 320 g/mol. The Hall–Kier alpha value is -2.57. The van der Waals surface area contributed by atoms with Gasteiger partial charge in [0.05, 0.1) is 7.11 Å². The summed E-state index contributed by atoms with van der Waals surface area (Å²) in [5.41, 5.74) is 7.26. The van der Waals surface area contributed by atoms with E-state index < -0.39 is 0 Å². The molecule has 0 aliphatic heterocycles. The van der Waals surface area contributed by atoms with Crippen LogP contribution in [0.1, 0.15) is 11.1 Å². The van der Waals surface area contributed by atoms with Gasteiger partial charge in [-0.1, -0.05) is 28.1 Å². The Bertz CT molecular complexity index is 759. The maximum absolute atomic E-state index is 9.34. The number of rotatable bonds is 2. The van der Waals surface area contributed by atoms with E-state index in [0.29, 0.717) is 11.1 Å². The molecule has 20 heavy (non-hydrogen) atoms. The van der Waals surface area contributed by atoms with Crippen LogP contribution < -0.4 is 10.5 Å². The van der Waals surface area contributed by atoms with E-state index in [1.54, 1.807) is 12.1 Å². The lowest BCUT2D eigenvalue weighted by Crippen LogP contribution is -2.04. The highest BCUT2D eigenvalue weighted by Crippen LogP contribution is 2.35. The van der Waals surface area contributed by atoms with Gasteiger partial charge in [-0.05, 0) is 17.7 Å². The van der Waals surface area contributed by atoms with Crippen molar-refractivity contribution in [1.29, 1.82) is 10.5 Å². The summed E-state index contributed by atoms with van der Waals surface area (Å²) in [4.78, 5) is 3.94. The number of hydrogen-bond acceptors (Lipinski definition) is 5. The van der Waals surface area contributed by atoms with Crippen molar-refractivity contribution in [2.24, 2.45) is 0 Å². The molecule has 0 bridgehead atoms. The van der Waals surface area contributed by atoms with E-state index in [4.69, 9.17) is 10.5 Å². The molecule has 2 aromatic rings. The van der Waals surface area contributed by atoms with Gasteiger partial charge in [-0.3, -0.25) is 0 Å². The summed E-state index contributed by atoms with van der Waals surface area (Å²) in [5.74, 6) is 0.150. The maximum Gasteiger partial charge on any atom is 0.234 e. The monoisotopic (exact) mass is 328 g/mol. The summed E-state index contributed by atoms with van der Waals surface area (Å²) < 4.78 is 5.90. The molecule has 6 heteroatoms. The number of hydrogen-bond donors (Lipinski definition) is 1. The van der Waals surface area contributed by atoms with Crippen LogP contribution in [0.4, 0.5) is 5.82 Å². The predicted molar refractivity (Wildman–Crippen MR) is 77.8 cm³/mol. The number of anilines is 1. The van der Waals surface area contributed by atoms with Crippen molar-refractivity contribution < 1.29 is 4.74 Å². The molecule has 0 aliphatic rings. The molecule has 1 aromatic carbocycles. The molecule has 1 heterocycles. The predicted octanol–water partition coefficient (Wildman–Crippen LogP) is 2.85. The van der Waals surface area contributed by atoms with E-state index in [2.05, 4.69) is 20.9 Å². The molecule has 0 fully saturated rings. The van der Waals surface area contributed by atoms with Crippen molar-refractivity contribution in [2.45, 2.75) is 0 Å². The van der Waals surface area contributed by atoms with Crippen LogP contribution in [0, 0.1) is 22.7 Å². The summed E-state index contributed by atoms with van der Waals surface area (Å²) in [6, 6.07) is 11.3. The average Bonchev–Trinajstić information content (AvgIpc) is 2.45. The molecule has 0 atom stereocenters. The average molecular weight is 329 g/mol. The van der Waals surface area contributed by atoms with Gasteiger partial charge in [0.25, 0.3) is 0 Å². The lowest BCUT2D eigenvalue weighted by molar-refractivity contribution is 0.397. The van der Waals surface area contributed by atoms with Gasteiger partial charge in [0.1, 0.15) is 29.1 Å². The first-order valence-electron chi connectivity index (χ1n) is 5.56. The zero-order valence-corrected chi connectivity index (χ0v) is 12.1. The zero-order chi connectivity index (χ0) is 14.7. The number of benzene rings is 1. The number of halogens is 1. The Balaban J connectivity index is 2.90. The smallest absolute Gasteiger partial charge is 0.234 e. The fourth-order valence-corrected chi connectivity index (χ4v) is 2.28. The number of ether oxygens (including phenoxy) is 1. The van der Waals surface area contributed by atoms with Crippen LogP contribution in [0.15, 0.2) is 28.7 Å². The lowest BCUT2D eigenvalue weighted by atomic mass is 9.96. The minimum atomic E-state index is 0.0401. The van der Waals surface area contributed by atoms with Crippen molar-refractivity contribution in [1.82, 2.24) is 4.98 Å². The second kappa shape index (κ2) is 5.60. The summed E-state index contributed by atoms with van der Waals surface area (Å²) in [5, 5.41) is 18.6. The van der Waals surface area contributed by atoms with Gasteiger partial charge in [0.2, 0.25) is 5.88 Å². The third kappa shape index (κ3) is 2.29. The third-order valence-electron chi connectivity index (χ3n) is 2.72. The lowest BCUT2D eigenvalue weighted by Gasteiger charge is -2.12. The number of nitriles is 2. The highest BCUT2D eigenvalue weighted by molar-refractivity contribution is 9.10. The first kappa shape index (κ1) is 13.9. The van der Waals surface area contributed by atoms with Crippen LogP contribution in [0.25, 0.3) is 11.1 Å². The quantitative estimate of drug-likeness (QED) is 0.914. The second-order valence-corrected chi connectivity index (χ2v) is 4.78. The van der Waals surface area contributed by atoms with E-state index in [-0.39, 0.29) is 22.8 Å². The van der Waals surface area contributed by atoms with E-state index in [0.717, 1.165) is 4.47 Å². The van der Waals surface area contributed by atoms with Crippen LogP contribution in [-0.4, -0.2) is 12.1 Å². The number of nitrogen functional groups attached to an aromatic ring is 1. The summed E-state index contributed by atoms with van der Waals surface area (Å²) in [6.45, 7) is 0. The van der Waals surface area contributed by atoms with Gasteiger partial charge in [-0.15, -0.1) is 0 Å². The Morgan fingerprint density at radius 3 is 2.50 bits per heavy atom. The highest BCUT2D eigenvalue weighted by Gasteiger charge is 2.20. The van der Waals surface area contributed by atoms with Crippen molar-refractivity contribution in [3.63, 3.8) is 0 Å².